The smallest absolute Gasteiger partial charge is 0.227 e. The summed E-state index contributed by atoms with van der Waals surface area (Å²) in [5, 5.41) is 7.14. The lowest BCUT2D eigenvalue weighted by Crippen LogP contribution is -2.41. The molecule has 0 bridgehead atoms. The van der Waals surface area contributed by atoms with Gasteiger partial charge in [0, 0.05) is 19.0 Å². The van der Waals surface area contributed by atoms with Gasteiger partial charge in [-0.15, -0.1) is 0 Å². The standard InChI is InChI=1S/C15H19N3O/c1-11-3-2-4-12(7-11)13-8-14(9-13)16-6-5-15-17-10-18-19-15/h2-4,7,10,13-14,16H,5-6,8-9H2,1H3. The molecule has 1 fully saturated rings. The summed E-state index contributed by atoms with van der Waals surface area (Å²) in [4.78, 5) is 4.01. The van der Waals surface area contributed by atoms with Crippen LogP contribution in [0.4, 0.5) is 0 Å². The van der Waals surface area contributed by atoms with Crippen molar-refractivity contribution in [3.05, 3.63) is 47.6 Å². The number of hydrogen-bond acceptors (Lipinski definition) is 4. The van der Waals surface area contributed by atoms with Gasteiger partial charge in [-0.05, 0) is 31.2 Å². The molecule has 2 aromatic rings. The Labute approximate surface area is 113 Å². The summed E-state index contributed by atoms with van der Waals surface area (Å²) in [5.41, 5.74) is 2.83. The third-order valence-electron chi connectivity index (χ3n) is 3.83. The maximum atomic E-state index is 4.97. The molecule has 1 N–H and O–H groups in total. The average Bonchev–Trinajstić information content (AvgIpc) is 2.85. The Morgan fingerprint density at radius 2 is 2.26 bits per heavy atom. The molecule has 1 heterocycles. The van der Waals surface area contributed by atoms with Crippen LogP contribution in [0.15, 0.2) is 35.1 Å². The molecule has 0 spiro atoms. The Morgan fingerprint density at radius 3 is 3.00 bits per heavy atom. The first kappa shape index (κ1) is 12.4. The molecule has 4 heteroatoms. The molecule has 0 unspecified atom stereocenters. The van der Waals surface area contributed by atoms with Gasteiger partial charge in [0.2, 0.25) is 5.89 Å². The van der Waals surface area contributed by atoms with Crippen LogP contribution in [0.2, 0.25) is 0 Å². The molecule has 1 aliphatic rings. The molecule has 1 saturated carbocycles. The Hall–Kier alpha value is -1.68. The monoisotopic (exact) mass is 257 g/mol. The van der Waals surface area contributed by atoms with Crippen LogP contribution in [-0.2, 0) is 6.42 Å². The van der Waals surface area contributed by atoms with E-state index < -0.39 is 0 Å². The van der Waals surface area contributed by atoms with E-state index in [9.17, 15) is 0 Å². The normalized spacial score (nSPS) is 22.2. The molecule has 1 aromatic heterocycles. The number of rotatable bonds is 5. The highest BCUT2D eigenvalue weighted by Gasteiger charge is 2.29. The predicted octanol–water partition coefficient (Wildman–Crippen LogP) is 2.46. The van der Waals surface area contributed by atoms with Crippen LogP contribution in [0, 0.1) is 6.92 Å². The largest absolute Gasteiger partial charge is 0.340 e. The molecule has 0 radical (unpaired) electrons. The van der Waals surface area contributed by atoms with Gasteiger partial charge >= 0.3 is 0 Å². The molecule has 0 aliphatic heterocycles. The van der Waals surface area contributed by atoms with Gasteiger partial charge in [0.05, 0.1) is 0 Å². The Balaban J connectivity index is 1.41. The number of nitrogens with one attached hydrogen (secondary N) is 1. The van der Waals surface area contributed by atoms with Crippen LogP contribution in [0.5, 0.6) is 0 Å². The topological polar surface area (TPSA) is 51.0 Å². The maximum Gasteiger partial charge on any atom is 0.227 e. The molecule has 0 amide bonds. The van der Waals surface area contributed by atoms with Crippen LogP contribution in [-0.4, -0.2) is 22.7 Å². The van der Waals surface area contributed by atoms with Crippen molar-refractivity contribution in [3.8, 4) is 0 Å². The molecule has 1 aromatic carbocycles. The molecular formula is C15H19N3O. The van der Waals surface area contributed by atoms with E-state index in [0.29, 0.717) is 11.9 Å². The fraction of sp³-hybridized carbons (Fsp3) is 0.467. The zero-order valence-electron chi connectivity index (χ0n) is 11.2. The van der Waals surface area contributed by atoms with E-state index >= 15 is 0 Å². The van der Waals surface area contributed by atoms with Gasteiger partial charge in [0.15, 0.2) is 6.33 Å². The summed E-state index contributed by atoms with van der Waals surface area (Å²) >= 11 is 0. The van der Waals surface area contributed by atoms with E-state index in [-0.39, 0.29) is 0 Å². The van der Waals surface area contributed by atoms with Crippen LogP contribution >= 0.6 is 0 Å². The van der Waals surface area contributed by atoms with Crippen molar-refractivity contribution in [1.82, 2.24) is 15.5 Å². The summed E-state index contributed by atoms with van der Waals surface area (Å²) in [5.74, 6) is 1.43. The van der Waals surface area contributed by atoms with Gasteiger partial charge in [-0.3, -0.25) is 0 Å². The Bertz CT molecular complexity index is 518. The number of nitrogens with zero attached hydrogens (tertiary/aromatic N) is 2. The minimum absolute atomic E-state index is 0.633. The highest BCUT2D eigenvalue weighted by Crippen LogP contribution is 2.36. The quantitative estimate of drug-likeness (QED) is 0.894. The molecule has 4 nitrogen and oxygen atoms in total. The fourth-order valence-electron chi connectivity index (χ4n) is 2.67. The van der Waals surface area contributed by atoms with Crippen molar-refractivity contribution in [3.63, 3.8) is 0 Å². The second kappa shape index (κ2) is 5.53. The first-order valence-electron chi connectivity index (χ1n) is 6.87. The van der Waals surface area contributed by atoms with E-state index in [1.165, 1.54) is 30.3 Å². The number of aromatic nitrogens is 2. The van der Waals surface area contributed by atoms with Crippen molar-refractivity contribution in [1.29, 1.82) is 0 Å². The average molecular weight is 257 g/mol. The minimum Gasteiger partial charge on any atom is -0.340 e. The van der Waals surface area contributed by atoms with Crippen molar-refractivity contribution < 1.29 is 4.52 Å². The highest BCUT2D eigenvalue weighted by molar-refractivity contribution is 5.27. The second-order valence-corrected chi connectivity index (χ2v) is 5.32. The third kappa shape index (κ3) is 3.01. The van der Waals surface area contributed by atoms with E-state index in [0.717, 1.165) is 18.9 Å². The van der Waals surface area contributed by atoms with Gasteiger partial charge < -0.3 is 9.84 Å². The SMILES string of the molecule is Cc1cccc(C2CC(NCCc3ncno3)C2)c1. The van der Waals surface area contributed by atoms with E-state index in [4.69, 9.17) is 4.52 Å². The number of benzene rings is 1. The molecule has 100 valence electrons. The number of hydrogen-bond donors (Lipinski definition) is 1. The molecule has 1 aliphatic carbocycles. The first-order chi connectivity index (χ1) is 9.31. The lowest BCUT2D eigenvalue weighted by molar-refractivity contribution is 0.287. The van der Waals surface area contributed by atoms with Crippen LogP contribution < -0.4 is 5.32 Å². The molecule has 3 rings (SSSR count). The zero-order valence-corrected chi connectivity index (χ0v) is 11.2. The van der Waals surface area contributed by atoms with Crippen molar-refractivity contribution in [2.24, 2.45) is 0 Å². The fourth-order valence-corrected chi connectivity index (χ4v) is 2.67. The van der Waals surface area contributed by atoms with Gasteiger partial charge in [-0.2, -0.15) is 4.98 Å². The number of aryl methyl sites for hydroxylation is 1. The lowest BCUT2D eigenvalue weighted by atomic mass is 9.75. The first-order valence-corrected chi connectivity index (χ1v) is 6.87. The summed E-state index contributed by atoms with van der Waals surface area (Å²) in [6.45, 7) is 3.07. The Morgan fingerprint density at radius 1 is 1.37 bits per heavy atom. The van der Waals surface area contributed by atoms with Gasteiger partial charge in [0.25, 0.3) is 0 Å². The van der Waals surface area contributed by atoms with E-state index in [2.05, 4.69) is 46.6 Å². The molecular weight excluding hydrogens is 238 g/mol. The summed E-state index contributed by atoms with van der Waals surface area (Å²) in [6, 6.07) is 9.49. The van der Waals surface area contributed by atoms with Gasteiger partial charge in [0.1, 0.15) is 0 Å². The van der Waals surface area contributed by atoms with Crippen LogP contribution in [0.1, 0.15) is 35.8 Å². The predicted molar refractivity (Wildman–Crippen MR) is 72.9 cm³/mol. The van der Waals surface area contributed by atoms with Gasteiger partial charge in [-0.1, -0.05) is 35.0 Å². The second-order valence-electron chi connectivity index (χ2n) is 5.32. The molecule has 0 saturated heterocycles. The molecule has 0 atom stereocenters. The molecule has 19 heavy (non-hydrogen) atoms. The van der Waals surface area contributed by atoms with Crippen molar-refractivity contribution in [2.45, 2.75) is 38.1 Å². The highest BCUT2D eigenvalue weighted by atomic mass is 16.5. The minimum atomic E-state index is 0.633. The lowest BCUT2D eigenvalue weighted by Gasteiger charge is -2.36. The van der Waals surface area contributed by atoms with Crippen LogP contribution in [0.25, 0.3) is 0 Å². The summed E-state index contributed by atoms with van der Waals surface area (Å²) in [6.07, 6.45) is 4.72. The van der Waals surface area contributed by atoms with Gasteiger partial charge in [-0.25, -0.2) is 0 Å². The third-order valence-corrected chi connectivity index (χ3v) is 3.83. The summed E-state index contributed by atoms with van der Waals surface area (Å²) < 4.78 is 4.97. The maximum absolute atomic E-state index is 4.97. The van der Waals surface area contributed by atoms with Crippen molar-refractivity contribution >= 4 is 0 Å². The summed E-state index contributed by atoms with van der Waals surface area (Å²) in [7, 11) is 0. The van der Waals surface area contributed by atoms with E-state index in [1.807, 2.05) is 0 Å². The zero-order chi connectivity index (χ0) is 13.1. The Kier molecular flexibility index (Phi) is 3.60. The van der Waals surface area contributed by atoms with Crippen LogP contribution in [0.3, 0.4) is 0 Å². The van der Waals surface area contributed by atoms with E-state index in [1.54, 1.807) is 0 Å². The van der Waals surface area contributed by atoms with Crippen molar-refractivity contribution in [2.75, 3.05) is 6.54 Å².